The zero-order chi connectivity index (χ0) is 15.0. The first-order valence-electron chi connectivity index (χ1n) is 7.83. The average Bonchev–Trinajstić information content (AvgIpc) is 2.58. The van der Waals surface area contributed by atoms with Crippen LogP contribution < -0.4 is 0 Å². The third kappa shape index (κ3) is 2.43. The lowest BCUT2D eigenvalue weighted by Crippen LogP contribution is -2.48. The number of fused-ring (bicyclic) bond motifs is 1. The zero-order valence-corrected chi connectivity index (χ0v) is 12.8. The molecule has 0 atom stereocenters. The van der Waals surface area contributed by atoms with Crippen molar-refractivity contribution >= 4 is 11.7 Å². The Balaban J connectivity index is 1.65. The monoisotopic (exact) mass is 296 g/mol. The van der Waals surface area contributed by atoms with Crippen LogP contribution in [-0.2, 0) is 0 Å². The van der Waals surface area contributed by atoms with E-state index >= 15 is 0 Å². The van der Waals surface area contributed by atoms with Crippen molar-refractivity contribution in [1.82, 2.24) is 19.8 Å². The first kappa shape index (κ1) is 13.6. The molecule has 1 spiro atoms. The molecule has 4 heterocycles. The summed E-state index contributed by atoms with van der Waals surface area (Å²) in [7, 11) is 2.18. The minimum absolute atomic E-state index is 0.0871. The van der Waals surface area contributed by atoms with Crippen LogP contribution in [0.3, 0.4) is 0 Å². The fourth-order valence-corrected chi connectivity index (χ4v) is 3.28. The van der Waals surface area contributed by atoms with Crippen molar-refractivity contribution in [2.45, 2.75) is 24.8 Å². The number of hydrogen-bond acceptors (Lipinski definition) is 6. The molecule has 0 N–H and O–H groups in total. The number of piperidine rings is 1. The molecule has 6 nitrogen and oxygen atoms in total. The van der Waals surface area contributed by atoms with Gasteiger partial charge in [-0.2, -0.15) is 0 Å². The predicted molar refractivity (Wildman–Crippen MR) is 85.9 cm³/mol. The van der Waals surface area contributed by atoms with E-state index in [0.29, 0.717) is 0 Å². The molecule has 1 fully saturated rings. The smallest absolute Gasteiger partial charge is 0.225 e. The van der Waals surface area contributed by atoms with Gasteiger partial charge in [-0.05, 0) is 38.5 Å². The van der Waals surface area contributed by atoms with Gasteiger partial charge in [0.25, 0.3) is 0 Å². The molecule has 3 aliphatic heterocycles. The van der Waals surface area contributed by atoms with Gasteiger partial charge in [0.2, 0.25) is 5.96 Å². The van der Waals surface area contributed by atoms with Crippen LogP contribution >= 0.6 is 0 Å². The molecule has 0 aromatic carbocycles. The lowest BCUT2D eigenvalue weighted by Gasteiger charge is -2.42. The van der Waals surface area contributed by atoms with E-state index in [-0.39, 0.29) is 5.54 Å². The van der Waals surface area contributed by atoms with Crippen molar-refractivity contribution in [3.05, 3.63) is 36.6 Å². The minimum Gasteiger partial charge on any atom is -0.317 e. The van der Waals surface area contributed by atoms with Gasteiger partial charge in [0.1, 0.15) is 6.33 Å². The molecule has 1 saturated heterocycles. The number of hydrogen-bond donors (Lipinski definition) is 0. The van der Waals surface area contributed by atoms with Gasteiger partial charge in [-0.3, -0.25) is 0 Å². The van der Waals surface area contributed by atoms with Crippen LogP contribution in [0.15, 0.2) is 40.9 Å². The molecule has 0 unspecified atom stereocenters. The van der Waals surface area contributed by atoms with Crippen LogP contribution in [0.5, 0.6) is 0 Å². The SMILES string of the molecule is CN1CCC2(CC1)CCN1C=CC(c3ccncn3)=NC1=N2. The molecule has 0 bridgehead atoms. The summed E-state index contributed by atoms with van der Waals surface area (Å²) in [4.78, 5) is 22.6. The van der Waals surface area contributed by atoms with Gasteiger partial charge in [-0.25, -0.2) is 20.0 Å². The summed E-state index contributed by atoms with van der Waals surface area (Å²) in [5, 5.41) is 0. The Kier molecular flexibility index (Phi) is 3.26. The lowest BCUT2D eigenvalue weighted by atomic mass is 9.84. The summed E-state index contributed by atoms with van der Waals surface area (Å²) in [5.41, 5.74) is 1.79. The Morgan fingerprint density at radius 3 is 2.73 bits per heavy atom. The van der Waals surface area contributed by atoms with Crippen molar-refractivity contribution in [3.63, 3.8) is 0 Å². The highest BCUT2D eigenvalue weighted by Gasteiger charge is 2.38. The maximum Gasteiger partial charge on any atom is 0.225 e. The minimum atomic E-state index is 0.0871. The molecule has 22 heavy (non-hydrogen) atoms. The summed E-state index contributed by atoms with van der Waals surface area (Å²) in [6.45, 7) is 3.24. The summed E-state index contributed by atoms with van der Waals surface area (Å²) >= 11 is 0. The van der Waals surface area contributed by atoms with Gasteiger partial charge in [-0.1, -0.05) is 0 Å². The number of likely N-dealkylation sites (tertiary alicyclic amines) is 1. The highest BCUT2D eigenvalue weighted by molar-refractivity contribution is 6.14. The van der Waals surface area contributed by atoms with E-state index in [4.69, 9.17) is 9.98 Å². The van der Waals surface area contributed by atoms with Crippen molar-refractivity contribution in [2.75, 3.05) is 26.7 Å². The third-order valence-corrected chi connectivity index (χ3v) is 4.81. The fourth-order valence-electron chi connectivity index (χ4n) is 3.28. The van der Waals surface area contributed by atoms with Crippen LogP contribution in [0.4, 0.5) is 0 Å². The second-order valence-corrected chi connectivity index (χ2v) is 6.29. The summed E-state index contributed by atoms with van der Waals surface area (Å²) in [6.07, 6.45) is 10.8. The topological polar surface area (TPSA) is 57.0 Å². The van der Waals surface area contributed by atoms with Gasteiger partial charge in [-0.15, -0.1) is 0 Å². The summed E-state index contributed by atoms with van der Waals surface area (Å²) < 4.78 is 0. The van der Waals surface area contributed by atoms with Crippen LogP contribution in [0, 0.1) is 0 Å². The van der Waals surface area contributed by atoms with Gasteiger partial charge < -0.3 is 9.80 Å². The molecule has 4 rings (SSSR count). The molecule has 0 radical (unpaired) electrons. The number of guanidine groups is 1. The molecule has 6 heteroatoms. The standard InChI is InChI=1S/C16H20N6/c1-21-9-4-16(5-10-21)6-11-22-8-3-14(19-15(22)20-16)13-2-7-17-12-18-13/h2-3,7-8,12H,4-6,9-11H2,1H3. The molecular weight excluding hydrogens is 276 g/mol. The van der Waals surface area contributed by atoms with E-state index < -0.39 is 0 Å². The Hall–Kier alpha value is -2.08. The van der Waals surface area contributed by atoms with Crippen molar-refractivity contribution in [3.8, 4) is 0 Å². The molecule has 0 aliphatic carbocycles. The molecular formula is C16H20N6. The van der Waals surface area contributed by atoms with E-state index in [0.717, 1.165) is 56.3 Å². The van der Waals surface area contributed by atoms with Crippen molar-refractivity contribution in [1.29, 1.82) is 0 Å². The Morgan fingerprint density at radius 2 is 1.95 bits per heavy atom. The first-order valence-corrected chi connectivity index (χ1v) is 7.83. The van der Waals surface area contributed by atoms with Crippen molar-refractivity contribution in [2.24, 2.45) is 9.98 Å². The molecule has 0 amide bonds. The average molecular weight is 296 g/mol. The Bertz CT molecular complexity index is 640. The molecule has 3 aliphatic rings. The largest absolute Gasteiger partial charge is 0.317 e. The number of rotatable bonds is 1. The fraction of sp³-hybridized carbons (Fsp3) is 0.500. The maximum absolute atomic E-state index is 5.04. The number of aromatic nitrogens is 2. The van der Waals surface area contributed by atoms with E-state index in [1.54, 1.807) is 12.5 Å². The quantitative estimate of drug-likeness (QED) is 0.784. The summed E-state index contributed by atoms with van der Waals surface area (Å²) in [5.74, 6) is 0.840. The molecule has 1 aromatic rings. The second-order valence-electron chi connectivity index (χ2n) is 6.29. The van der Waals surface area contributed by atoms with Gasteiger partial charge in [0, 0.05) is 32.0 Å². The summed E-state index contributed by atoms with van der Waals surface area (Å²) in [6, 6.07) is 1.88. The van der Waals surface area contributed by atoms with Gasteiger partial charge >= 0.3 is 0 Å². The Morgan fingerprint density at radius 1 is 1.14 bits per heavy atom. The van der Waals surface area contributed by atoms with Gasteiger partial charge in [0.05, 0.1) is 16.9 Å². The highest BCUT2D eigenvalue weighted by atomic mass is 15.3. The Labute approximate surface area is 130 Å². The molecule has 0 saturated carbocycles. The second kappa shape index (κ2) is 5.28. The van der Waals surface area contributed by atoms with Crippen LogP contribution in [-0.4, -0.2) is 63.7 Å². The molecule has 1 aromatic heterocycles. The highest BCUT2D eigenvalue weighted by Crippen LogP contribution is 2.33. The van der Waals surface area contributed by atoms with E-state index in [1.165, 1.54) is 0 Å². The van der Waals surface area contributed by atoms with E-state index in [2.05, 4.69) is 33.0 Å². The maximum atomic E-state index is 5.04. The van der Waals surface area contributed by atoms with Crippen LogP contribution in [0.25, 0.3) is 0 Å². The number of nitrogens with zero attached hydrogens (tertiary/aromatic N) is 6. The predicted octanol–water partition coefficient (Wildman–Crippen LogP) is 1.32. The van der Waals surface area contributed by atoms with E-state index in [1.807, 2.05) is 12.1 Å². The number of aliphatic imine (C=N–C) groups is 2. The van der Waals surface area contributed by atoms with Crippen LogP contribution in [0.2, 0.25) is 0 Å². The third-order valence-electron chi connectivity index (χ3n) is 4.81. The molecule has 114 valence electrons. The zero-order valence-electron chi connectivity index (χ0n) is 12.8. The first-order chi connectivity index (χ1) is 10.7. The normalized spacial score (nSPS) is 24.0. The lowest BCUT2D eigenvalue weighted by molar-refractivity contribution is 0.169. The number of allylic oxidation sites excluding steroid dienone is 1. The van der Waals surface area contributed by atoms with Crippen LogP contribution in [0.1, 0.15) is 25.0 Å². The van der Waals surface area contributed by atoms with Crippen molar-refractivity contribution < 1.29 is 0 Å². The van der Waals surface area contributed by atoms with E-state index in [9.17, 15) is 0 Å². The van der Waals surface area contributed by atoms with Gasteiger partial charge in [0.15, 0.2) is 0 Å².